The van der Waals surface area contributed by atoms with E-state index in [1.165, 1.54) is 0 Å². The van der Waals surface area contributed by atoms with Gasteiger partial charge in [-0.25, -0.2) is 4.79 Å². The average molecular weight is 258 g/mol. The van der Waals surface area contributed by atoms with Crippen LogP contribution in [0, 0.1) is 0 Å². The molecular formula is C12H22N2O4. The van der Waals surface area contributed by atoms with Gasteiger partial charge < -0.3 is 20.1 Å². The molecule has 1 rings (SSSR count). The van der Waals surface area contributed by atoms with E-state index in [-0.39, 0.29) is 24.1 Å². The molecule has 0 radical (unpaired) electrons. The molecule has 0 aliphatic carbocycles. The van der Waals surface area contributed by atoms with Gasteiger partial charge in [-0.15, -0.1) is 0 Å². The van der Waals surface area contributed by atoms with E-state index >= 15 is 0 Å². The van der Waals surface area contributed by atoms with Gasteiger partial charge in [-0.2, -0.15) is 0 Å². The quantitative estimate of drug-likeness (QED) is 0.790. The van der Waals surface area contributed by atoms with Crippen LogP contribution < -0.4 is 5.32 Å². The number of ether oxygens (including phenoxy) is 1. The molecule has 0 spiro atoms. The second-order valence-corrected chi connectivity index (χ2v) is 5.18. The van der Waals surface area contributed by atoms with Crippen LogP contribution in [0.5, 0.6) is 0 Å². The van der Waals surface area contributed by atoms with Crippen molar-refractivity contribution in [3.05, 3.63) is 0 Å². The second kappa shape index (κ2) is 6.04. The van der Waals surface area contributed by atoms with Gasteiger partial charge in [0, 0.05) is 12.6 Å². The lowest BCUT2D eigenvalue weighted by atomic mass is 10.1. The van der Waals surface area contributed by atoms with Crippen LogP contribution in [-0.2, 0) is 9.53 Å². The van der Waals surface area contributed by atoms with Crippen molar-refractivity contribution >= 4 is 12.0 Å². The predicted octanol–water partition coefficient (Wildman–Crippen LogP) is 1.06. The van der Waals surface area contributed by atoms with Crippen LogP contribution in [-0.4, -0.2) is 53.3 Å². The third kappa shape index (κ3) is 4.52. The molecule has 0 aromatic carbocycles. The number of amides is 2. The molecule has 1 aliphatic heterocycles. The first-order valence-corrected chi connectivity index (χ1v) is 6.25. The summed E-state index contributed by atoms with van der Waals surface area (Å²) >= 11 is 0. The number of urea groups is 1. The van der Waals surface area contributed by atoms with E-state index in [0.717, 1.165) is 0 Å². The van der Waals surface area contributed by atoms with Gasteiger partial charge in [0.2, 0.25) is 0 Å². The van der Waals surface area contributed by atoms with Gasteiger partial charge in [0.05, 0.1) is 25.2 Å². The molecular weight excluding hydrogens is 236 g/mol. The van der Waals surface area contributed by atoms with Crippen LogP contribution in [0.15, 0.2) is 0 Å². The van der Waals surface area contributed by atoms with Crippen LogP contribution in [0.3, 0.4) is 0 Å². The largest absolute Gasteiger partial charge is 0.481 e. The fourth-order valence-electron chi connectivity index (χ4n) is 1.96. The fraction of sp³-hybridized carbons (Fsp3) is 0.833. The molecule has 1 atom stereocenters. The van der Waals surface area contributed by atoms with Gasteiger partial charge in [-0.1, -0.05) is 6.92 Å². The first-order chi connectivity index (χ1) is 8.34. The van der Waals surface area contributed by atoms with Gasteiger partial charge in [-0.3, -0.25) is 4.79 Å². The summed E-state index contributed by atoms with van der Waals surface area (Å²) < 4.78 is 5.53. The zero-order valence-electron chi connectivity index (χ0n) is 11.2. The lowest BCUT2D eigenvalue weighted by Crippen LogP contribution is -2.55. The molecule has 1 aliphatic rings. The highest BCUT2D eigenvalue weighted by Gasteiger charge is 2.30. The Bertz CT molecular complexity index is 317. The van der Waals surface area contributed by atoms with Crippen LogP contribution >= 0.6 is 0 Å². The van der Waals surface area contributed by atoms with Crippen molar-refractivity contribution in [3.63, 3.8) is 0 Å². The number of carbonyl (C=O) groups is 2. The van der Waals surface area contributed by atoms with E-state index in [1.54, 1.807) is 4.90 Å². The Hall–Kier alpha value is -1.30. The molecule has 1 saturated heterocycles. The van der Waals surface area contributed by atoms with Crippen molar-refractivity contribution in [2.45, 2.75) is 45.3 Å². The third-order valence-corrected chi connectivity index (χ3v) is 2.95. The smallest absolute Gasteiger partial charge is 0.317 e. The lowest BCUT2D eigenvalue weighted by molar-refractivity contribution is -0.137. The highest BCUT2D eigenvalue weighted by molar-refractivity contribution is 5.76. The first-order valence-electron chi connectivity index (χ1n) is 6.25. The fourth-order valence-corrected chi connectivity index (χ4v) is 1.96. The molecule has 0 saturated carbocycles. The van der Waals surface area contributed by atoms with Gasteiger partial charge in [-0.05, 0) is 20.3 Å². The Balaban J connectivity index is 2.50. The normalized spacial score (nSPS) is 20.3. The Morgan fingerprint density at radius 1 is 1.50 bits per heavy atom. The Morgan fingerprint density at radius 2 is 2.17 bits per heavy atom. The first kappa shape index (κ1) is 14.8. The molecule has 6 nitrogen and oxygen atoms in total. The monoisotopic (exact) mass is 258 g/mol. The Kier molecular flexibility index (Phi) is 4.95. The number of rotatable bonds is 4. The molecule has 2 amide bonds. The Labute approximate surface area is 107 Å². The number of nitrogens with zero attached hydrogens (tertiary/aromatic N) is 1. The maximum Gasteiger partial charge on any atom is 0.317 e. The molecule has 0 aromatic rings. The van der Waals surface area contributed by atoms with Crippen LogP contribution in [0.4, 0.5) is 4.79 Å². The summed E-state index contributed by atoms with van der Waals surface area (Å²) in [7, 11) is 0. The molecule has 2 N–H and O–H groups in total. The SMILES string of the molecule is CCC(CC(=O)O)NC(=O)N1CCOC(C)(C)C1. The van der Waals surface area contributed by atoms with Crippen molar-refractivity contribution in [3.8, 4) is 0 Å². The molecule has 1 unspecified atom stereocenters. The summed E-state index contributed by atoms with van der Waals surface area (Å²) in [6.07, 6.45) is 0.557. The maximum absolute atomic E-state index is 12.0. The number of nitrogens with one attached hydrogen (secondary N) is 1. The second-order valence-electron chi connectivity index (χ2n) is 5.18. The van der Waals surface area contributed by atoms with Gasteiger partial charge in [0.1, 0.15) is 0 Å². The van der Waals surface area contributed by atoms with E-state index in [9.17, 15) is 9.59 Å². The van der Waals surface area contributed by atoms with Gasteiger partial charge in [0.25, 0.3) is 0 Å². The topological polar surface area (TPSA) is 78.9 Å². The molecule has 1 heterocycles. The van der Waals surface area contributed by atoms with Gasteiger partial charge >= 0.3 is 12.0 Å². The van der Waals surface area contributed by atoms with E-state index in [0.29, 0.717) is 26.1 Å². The summed E-state index contributed by atoms with van der Waals surface area (Å²) in [6.45, 7) is 7.29. The molecule has 0 bridgehead atoms. The minimum Gasteiger partial charge on any atom is -0.481 e. The van der Waals surface area contributed by atoms with Crippen molar-refractivity contribution in [1.29, 1.82) is 0 Å². The molecule has 18 heavy (non-hydrogen) atoms. The average Bonchev–Trinajstić information content (AvgIpc) is 2.26. The summed E-state index contributed by atoms with van der Waals surface area (Å²) in [5.74, 6) is -0.899. The summed E-state index contributed by atoms with van der Waals surface area (Å²) in [5.41, 5.74) is -0.343. The lowest BCUT2D eigenvalue weighted by Gasteiger charge is -2.38. The van der Waals surface area contributed by atoms with Crippen molar-refractivity contribution < 1.29 is 19.4 Å². The van der Waals surface area contributed by atoms with E-state index < -0.39 is 5.97 Å². The Morgan fingerprint density at radius 3 is 2.67 bits per heavy atom. The number of carboxylic acids is 1. The van der Waals surface area contributed by atoms with Crippen molar-refractivity contribution in [1.82, 2.24) is 10.2 Å². The number of aliphatic carboxylic acids is 1. The van der Waals surface area contributed by atoms with Crippen molar-refractivity contribution in [2.24, 2.45) is 0 Å². The number of hydrogen-bond donors (Lipinski definition) is 2. The van der Waals surface area contributed by atoms with E-state index in [4.69, 9.17) is 9.84 Å². The number of hydrogen-bond acceptors (Lipinski definition) is 3. The van der Waals surface area contributed by atoms with E-state index in [2.05, 4.69) is 5.32 Å². The van der Waals surface area contributed by atoms with Crippen LogP contribution in [0.2, 0.25) is 0 Å². The van der Waals surface area contributed by atoms with Crippen LogP contribution in [0.1, 0.15) is 33.6 Å². The predicted molar refractivity (Wildman–Crippen MR) is 66.5 cm³/mol. The molecule has 6 heteroatoms. The van der Waals surface area contributed by atoms with Gasteiger partial charge in [0.15, 0.2) is 0 Å². The summed E-state index contributed by atoms with van der Waals surface area (Å²) in [6, 6.07) is -0.527. The highest BCUT2D eigenvalue weighted by atomic mass is 16.5. The maximum atomic E-state index is 12.0. The summed E-state index contributed by atoms with van der Waals surface area (Å²) in [4.78, 5) is 24.3. The number of carboxylic acid groups (broad SMARTS) is 1. The number of carbonyl (C=O) groups excluding carboxylic acids is 1. The zero-order valence-corrected chi connectivity index (χ0v) is 11.2. The van der Waals surface area contributed by atoms with E-state index in [1.807, 2.05) is 20.8 Å². The molecule has 1 fully saturated rings. The minimum atomic E-state index is -0.899. The highest BCUT2D eigenvalue weighted by Crippen LogP contribution is 2.16. The zero-order chi connectivity index (χ0) is 13.8. The standard InChI is InChI=1S/C12H22N2O4/c1-4-9(7-10(15)16)13-11(17)14-5-6-18-12(2,3)8-14/h9H,4-8H2,1-3H3,(H,13,17)(H,15,16). The third-order valence-electron chi connectivity index (χ3n) is 2.95. The minimum absolute atomic E-state index is 0.0457. The summed E-state index contributed by atoms with van der Waals surface area (Å²) in [5, 5.41) is 11.5. The molecule has 0 aromatic heterocycles. The van der Waals surface area contributed by atoms with Crippen molar-refractivity contribution in [2.75, 3.05) is 19.7 Å². The number of morpholine rings is 1. The molecule has 104 valence electrons. The van der Waals surface area contributed by atoms with Crippen LogP contribution in [0.25, 0.3) is 0 Å².